The molecule has 19 heavy (non-hydrogen) atoms. The fourth-order valence-corrected chi connectivity index (χ4v) is 3.74. The Balaban J connectivity index is 1.92. The van der Waals surface area contributed by atoms with Crippen molar-refractivity contribution in [2.45, 2.75) is 13.0 Å². The summed E-state index contributed by atoms with van der Waals surface area (Å²) in [4.78, 5) is 4.79. The van der Waals surface area contributed by atoms with Gasteiger partial charge in [0.25, 0.3) is 0 Å². The highest BCUT2D eigenvalue weighted by Gasteiger charge is 2.15. The fraction of sp³-hybridized carbons (Fsp3) is 0.188. The van der Waals surface area contributed by atoms with E-state index < -0.39 is 0 Å². The SMILES string of the molecule is c1cc2c(c(-c3nc4ccccc4s3)c1)CCNC2. The van der Waals surface area contributed by atoms with Crippen LogP contribution in [0.2, 0.25) is 0 Å². The van der Waals surface area contributed by atoms with Crippen LogP contribution in [0.25, 0.3) is 20.8 Å². The Morgan fingerprint density at radius 1 is 1.05 bits per heavy atom. The van der Waals surface area contributed by atoms with Crippen LogP contribution in [0.4, 0.5) is 0 Å². The first-order chi connectivity index (χ1) is 9.42. The van der Waals surface area contributed by atoms with Gasteiger partial charge in [-0.3, -0.25) is 0 Å². The summed E-state index contributed by atoms with van der Waals surface area (Å²) in [5.74, 6) is 0. The number of nitrogens with one attached hydrogen (secondary N) is 1. The molecule has 1 aromatic heterocycles. The summed E-state index contributed by atoms with van der Waals surface area (Å²) in [7, 11) is 0. The van der Waals surface area contributed by atoms with Gasteiger partial charge in [0, 0.05) is 12.1 Å². The molecule has 94 valence electrons. The zero-order chi connectivity index (χ0) is 12.7. The van der Waals surface area contributed by atoms with Crippen molar-refractivity contribution in [3.8, 4) is 10.6 Å². The molecule has 2 aromatic carbocycles. The molecule has 0 saturated heterocycles. The maximum absolute atomic E-state index is 4.79. The van der Waals surface area contributed by atoms with Crippen LogP contribution in [0.3, 0.4) is 0 Å². The number of para-hydroxylation sites is 1. The van der Waals surface area contributed by atoms with E-state index in [-0.39, 0.29) is 0 Å². The summed E-state index contributed by atoms with van der Waals surface area (Å²) in [5, 5.41) is 4.58. The molecule has 1 N–H and O–H groups in total. The first-order valence-electron chi connectivity index (χ1n) is 6.59. The maximum Gasteiger partial charge on any atom is 0.124 e. The molecule has 0 radical (unpaired) electrons. The molecular weight excluding hydrogens is 252 g/mol. The Bertz CT molecular complexity index is 712. The number of aromatic nitrogens is 1. The molecule has 3 heteroatoms. The topological polar surface area (TPSA) is 24.9 Å². The van der Waals surface area contributed by atoms with Gasteiger partial charge < -0.3 is 5.32 Å². The van der Waals surface area contributed by atoms with E-state index in [4.69, 9.17) is 4.98 Å². The number of nitrogens with zero attached hydrogens (tertiary/aromatic N) is 1. The second-order valence-electron chi connectivity index (χ2n) is 4.86. The molecule has 0 atom stereocenters. The van der Waals surface area contributed by atoms with Crippen molar-refractivity contribution in [2.24, 2.45) is 0 Å². The van der Waals surface area contributed by atoms with Crippen LogP contribution >= 0.6 is 11.3 Å². The van der Waals surface area contributed by atoms with Crippen molar-refractivity contribution >= 4 is 21.6 Å². The molecule has 0 bridgehead atoms. The third-order valence-corrected chi connectivity index (χ3v) is 4.73. The summed E-state index contributed by atoms with van der Waals surface area (Å²) >= 11 is 1.79. The van der Waals surface area contributed by atoms with Crippen LogP contribution in [-0.2, 0) is 13.0 Å². The van der Waals surface area contributed by atoms with Gasteiger partial charge in [0.15, 0.2) is 0 Å². The van der Waals surface area contributed by atoms with Gasteiger partial charge in [-0.15, -0.1) is 11.3 Å². The monoisotopic (exact) mass is 266 g/mol. The molecular formula is C16H14N2S. The standard InChI is InChI=1S/C16H14N2S/c1-2-7-15-14(6-1)18-16(19-15)13-5-3-4-11-10-17-9-8-12(11)13/h1-7,17H,8-10H2. The lowest BCUT2D eigenvalue weighted by atomic mass is 9.96. The van der Waals surface area contributed by atoms with Gasteiger partial charge in [-0.25, -0.2) is 4.98 Å². The zero-order valence-electron chi connectivity index (χ0n) is 10.5. The maximum atomic E-state index is 4.79. The smallest absolute Gasteiger partial charge is 0.124 e. The number of thiazole rings is 1. The summed E-state index contributed by atoms with van der Waals surface area (Å²) in [5.41, 5.74) is 5.32. The van der Waals surface area contributed by atoms with Gasteiger partial charge in [-0.05, 0) is 36.2 Å². The molecule has 1 aliphatic rings. The molecule has 2 heterocycles. The third-order valence-electron chi connectivity index (χ3n) is 3.66. The van der Waals surface area contributed by atoms with E-state index in [9.17, 15) is 0 Å². The van der Waals surface area contributed by atoms with E-state index in [2.05, 4.69) is 47.8 Å². The summed E-state index contributed by atoms with van der Waals surface area (Å²) < 4.78 is 1.27. The molecule has 0 unspecified atom stereocenters. The second kappa shape index (κ2) is 4.44. The number of rotatable bonds is 1. The van der Waals surface area contributed by atoms with E-state index in [1.165, 1.54) is 21.4 Å². The van der Waals surface area contributed by atoms with Crippen molar-refractivity contribution < 1.29 is 0 Å². The van der Waals surface area contributed by atoms with Crippen molar-refractivity contribution in [3.63, 3.8) is 0 Å². The minimum Gasteiger partial charge on any atom is -0.312 e. The van der Waals surface area contributed by atoms with Gasteiger partial charge >= 0.3 is 0 Å². The summed E-state index contributed by atoms with van der Waals surface area (Å²) in [6, 6.07) is 14.9. The Kier molecular flexibility index (Phi) is 2.60. The molecule has 3 aromatic rings. The van der Waals surface area contributed by atoms with E-state index in [1.54, 1.807) is 11.3 Å². The lowest BCUT2D eigenvalue weighted by molar-refractivity contribution is 0.645. The van der Waals surface area contributed by atoms with E-state index in [0.29, 0.717) is 0 Å². The van der Waals surface area contributed by atoms with E-state index >= 15 is 0 Å². The lowest BCUT2D eigenvalue weighted by Gasteiger charge is -2.19. The van der Waals surface area contributed by atoms with Crippen LogP contribution in [0.5, 0.6) is 0 Å². The largest absolute Gasteiger partial charge is 0.312 e. The second-order valence-corrected chi connectivity index (χ2v) is 5.89. The normalized spacial score (nSPS) is 14.5. The summed E-state index contributed by atoms with van der Waals surface area (Å²) in [6.07, 6.45) is 1.10. The predicted octanol–water partition coefficient (Wildman–Crippen LogP) is 3.61. The highest BCUT2D eigenvalue weighted by molar-refractivity contribution is 7.21. The van der Waals surface area contributed by atoms with Gasteiger partial charge in [0.05, 0.1) is 10.2 Å². The van der Waals surface area contributed by atoms with Crippen LogP contribution in [0.15, 0.2) is 42.5 Å². The number of fused-ring (bicyclic) bond motifs is 2. The molecule has 4 rings (SSSR count). The van der Waals surface area contributed by atoms with Crippen LogP contribution in [0, 0.1) is 0 Å². The van der Waals surface area contributed by atoms with E-state index in [0.717, 1.165) is 30.0 Å². The summed E-state index contributed by atoms with van der Waals surface area (Å²) in [6.45, 7) is 2.04. The molecule has 2 nitrogen and oxygen atoms in total. The number of benzene rings is 2. The molecule has 0 amide bonds. The highest BCUT2D eigenvalue weighted by atomic mass is 32.1. The van der Waals surface area contributed by atoms with Crippen molar-refractivity contribution in [1.29, 1.82) is 0 Å². The van der Waals surface area contributed by atoms with E-state index in [1.807, 2.05) is 0 Å². The predicted molar refractivity (Wildman–Crippen MR) is 80.5 cm³/mol. The van der Waals surface area contributed by atoms with Gasteiger partial charge in [0.2, 0.25) is 0 Å². The van der Waals surface area contributed by atoms with Gasteiger partial charge in [0.1, 0.15) is 5.01 Å². The Labute approximate surface area is 116 Å². The average Bonchev–Trinajstić information content (AvgIpc) is 2.90. The molecule has 0 fully saturated rings. The van der Waals surface area contributed by atoms with Crippen molar-refractivity contribution in [2.75, 3.05) is 6.54 Å². The fourth-order valence-electron chi connectivity index (χ4n) is 2.72. The minimum absolute atomic E-state index is 0.980. The number of hydrogen-bond donors (Lipinski definition) is 1. The number of hydrogen-bond acceptors (Lipinski definition) is 3. The lowest BCUT2D eigenvalue weighted by Crippen LogP contribution is -2.23. The minimum atomic E-state index is 0.980. The Hall–Kier alpha value is -1.71. The van der Waals surface area contributed by atoms with Gasteiger partial charge in [-0.1, -0.05) is 30.3 Å². The van der Waals surface area contributed by atoms with Crippen LogP contribution in [-0.4, -0.2) is 11.5 Å². The van der Waals surface area contributed by atoms with Gasteiger partial charge in [-0.2, -0.15) is 0 Å². The average molecular weight is 266 g/mol. The van der Waals surface area contributed by atoms with Crippen LogP contribution < -0.4 is 5.32 Å². The quantitative estimate of drug-likeness (QED) is 0.728. The van der Waals surface area contributed by atoms with Crippen LogP contribution in [0.1, 0.15) is 11.1 Å². The first kappa shape index (κ1) is 11.1. The Morgan fingerprint density at radius 3 is 2.95 bits per heavy atom. The zero-order valence-corrected chi connectivity index (χ0v) is 11.3. The molecule has 1 aliphatic heterocycles. The highest BCUT2D eigenvalue weighted by Crippen LogP contribution is 2.34. The molecule has 0 saturated carbocycles. The van der Waals surface area contributed by atoms with Crippen molar-refractivity contribution in [3.05, 3.63) is 53.6 Å². The third kappa shape index (κ3) is 1.86. The molecule has 0 aliphatic carbocycles. The first-order valence-corrected chi connectivity index (χ1v) is 7.41. The molecule has 0 spiro atoms. The Morgan fingerprint density at radius 2 is 2.00 bits per heavy atom. The van der Waals surface area contributed by atoms with Crippen molar-refractivity contribution in [1.82, 2.24) is 10.3 Å².